The van der Waals surface area contributed by atoms with Gasteiger partial charge in [0, 0.05) is 6.54 Å². The molecule has 2 nitrogen and oxygen atoms in total. The fourth-order valence-corrected chi connectivity index (χ4v) is 3.38. The molecule has 3 heteroatoms. The van der Waals surface area contributed by atoms with E-state index in [1.54, 1.807) is 0 Å². The molecule has 0 bridgehead atoms. The van der Waals surface area contributed by atoms with Crippen LogP contribution in [0, 0.1) is 11.8 Å². The molecule has 0 N–H and O–H groups in total. The number of fused-ring (bicyclic) bond motifs is 1. The Balaban J connectivity index is 1.94. The van der Waals surface area contributed by atoms with Crippen molar-refractivity contribution in [3.63, 3.8) is 0 Å². The molecule has 0 saturated heterocycles. The van der Waals surface area contributed by atoms with Crippen molar-refractivity contribution in [1.29, 1.82) is 0 Å². The first kappa shape index (κ1) is 12.0. The molecule has 1 aromatic carbocycles. The highest BCUT2D eigenvalue weighted by Crippen LogP contribution is 2.32. The average Bonchev–Trinajstić information content (AvgIpc) is 2.94. The number of imidazole rings is 1. The van der Waals surface area contributed by atoms with Crippen molar-refractivity contribution in [2.24, 2.45) is 11.8 Å². The largest absolute Gasteiger partial charge is 0.327 e. The Hall–Kier alpha value is -1.02. The first-order valence-corrected chi connectivity index (χ1v) is 7.31. The summed E-state index contributed by atoms with van der Waals surface area (Å²) in [4.78, 5) is 4.62. The van der Waals surface area contributed by atoms with E-state index in [0.717, 1.165) is 29.7 Å². The van der Waals surface area contributed by atoms with E-state index >= 15 is 0 Å². The smallest absolute Gasteiger partial charge is 0.124 e. The average molecular weight is 263 g/mol. The summed E-state index contributed by atoms with van der Waals surface area (Å²) in [6.45, 7) is 3.43. The Labute approximate surface area is 113 Å². The van der Waals surface area contributed by atoms with Gasteiger partial charge in [-0.2, -0.15) is 0 Å². The van der Waals surface area contributed by atoms with Gasteiger partial charge in [0.25, 0.3) is 0 Å². The molecule has 1 aromatic heterocycles. The summed E-state index contributed by atoms with van der Waals surface area (Å²) in [5.74, 6) is 3.18. The Morgan fingerprint density at radius 3 is 2.89 bits per heavy atom. The van der Waals surface area contributed by atoms with E-state index in [1.165, 1.54) is 24.8 Å². The number of hydrogen-bond donors (Lipinski definition) is 0. The summed E-state index contributed by atoms with van der Waals surface area (Å²) in [5.41, 5.74) is 2.30. The molecule has 1 fully saturated rings. The van der Waals surface area contributed by atoms with Gasteiger partial charge in [0.15, 0.2) is 0 Å². The maximum absolute atomic E-state index is 6.03. The third kappa shape index (κ3) is 2.14. The van der Waals surface area contributed by atoms with Gasteiger partial charge in [-0.05, 0) is 36.8 Å². The number of aromatic nitrogens is 2. The Kier molecular flexibility index (Phi) is 3.29. The predicted molar refractivity (Wildman–Crippen MR) is 75.8 cm³/mol. The minimum absolute atomic E-state index is 0.497. The normalized spacial score (nSPS) is 23.9. The van der Waals surface area contributed by atoms with E-state index in [1.807, 2.05) is 6.07 Å². The van der Waals surface area contributed by atoms with Crippen LogP contribution in [0.4, 0.5) is 0 Å². The van der Waals surface area contributed by atoms with Gasteiger partial charge < -0.3 is 4.57 Å². The Morgan fingerprint density at radius 1 is 1.33 bits per heavy atom. The minimum Gasteiger partial charge on any atom is -0.327 e. The summed E-state index contributed by atoms with van der Waals surface area (Å²) in [5, 5.41) is 0. The predicted octanol–water partition coefficient (Wildman–Crippen LogP) is 4.21. The lowest BCUT2D eigenvalue weighted by Gasteiger charge is -2.13. The van der Waals surface area contributed by atoms with Crippen LogP contribution in [0.1, 0.15) is 32.0 Å². The lowest BCUT2D eigenvalue weighted by atomic mass is 10.1. The number of rotatable bonds is 3. The molecule has 0 amide bonds. The molecule has 0 spiro atoms. The quantitative estimate of drug-likeness (QED) is 0.758. The maximum Gasteiger partial charge on any atom is 0.124 e. The standard InChI is InChI=1S/C15H19ClN2/c1-11-6-7-12(8-11)10-18-14-5-3-2-4-13(14)17-15(18)9-16/h2-5,11-12H,6-10H2,1H3. The summed E-state index contributed by atoms with van der Waals surface area (Å²) in [7, 11) is 0. The van der Waals surface area contributed by atoms with E-state index < -0.39 is 0 Å². The fourth-order valence-electron chi connectivity index (χ4n) is 3.18. The van der Waals surface area contributed by atoms with Crippen LogP contribution in [0.5, 0.6) is 0 Å². The van der Waals surface area contributed by atoms with Crippen molar-refractivity contribution in [3.05, 3.63) is 30.1 Å². The van der Waals surface area contributed by atoms with Crippen molar-refractivity contribution < 1.29 is 0 Å². The summed E-state index contributed by atoms with van der Waals surface area (Å²) >= 11 is 6.03. The van der Waals surface area contributed by atoms with Crippen molar-refractivity contribution in [1.82, 2.24) is 9.55 Å². The number of halogens is 1. The molecule has 2 unspecified atom stereocenters. The minimum atomic E-state index is 0.497. The van der Waals surface area contributed by atoms with E-state index in [2.05, 4.69) is 34.7 Å². The zero-order chi connectivity index (χ0) is 12.5. The first-order valence-electron chi connectivity index (χ1n) is 6.78. The lowest BCUT2D eigenvalue weighted by Crippen LogP contribution is -2.10. The Morgan fingerprint density at radius 2 is 2.17 bits per heavy atom. The van der Waals surface area contributed by atoms with Crippen LogP contribution in [0.15, 0.2) is 24.3 Å². The number of para-hydroxylation sites is 2. The SMILES string of the molecule is CC1CCC(Cn2c(CCl)nc3ccccc32)C1. The van der Waals surface area contributed by atoms with Crippen LogP contribution in [-0.4, -0.2) is 9.55 Å². The third-order valence-electron chi connectivity index (χ3n) is 4.10. The molecule has 1 aliphatic rings. The van der Waals surface area contributed by atoms with Crippen molar-refractivity contribution in [3.8, 4) is 0 Å². The summed E-state index contributed by atoms with van der Waals surface area (Å²) in [6.07, 6.45) is 4.05. The van der Waals surface area contributed by atoms with Gasteiger partial charge in [-0.3, -0.25) is 0 Å². The monoisotopic (exact) mass is 262 g/mol. The number of benzene rings is 1. The molecule has 1 heterocycles. The van der Waals surface area contributed by atoms with Gasteiger partial charge >= 0.3 is 0 Å². The highest BCUT2D eigenvalue weighted by Gasteiger charge is 2.23. The Bertz CT molecular complexity index is 546. The first-order chi connectivity index (χ1) is 8.78. The van der Waals surface area contributed by atoms with E-state index in [-0.39, 0.29) is 0 Å². The second-order valence-electron chi connectivity index (χ2n) is 5.55. The van der Waals surface area contributed by atoms with Crippen LogP contribution in [-0.2, 0) is 12.4 Å². The van der Waals surface area contributed by atoms with Gasteiger partial charge in [-0.25, -0.2) is 4.98 Å². The maximum atomic E-state index is 6.03. The van der Waals surface area contributed by atoms with Crippen LogP contribution in [0.3, 0.4) is 0 Å². The molecule has 96 valence electrons. The lowest BCUT2D eigenvalue weighted by molar-refractivity contribution is 0.441. The molecular formula is C15H19ClN2. The van der Waals surface area contributed by atoms with Crippen molar-refractivity contribution in [2.45, 2.75) is 38.6 Å². The molecule has 1 aliphatic carbocycles. The fraction of sp³-hybridized carbons (Fsp3) is 0.533. The zero-order valence-electron chi connectivity index (χ0n) is 10.8. The highest BCUT2D eigenvalue weighted by atomic mass is 35.5. The summed E-state index contributed by atoms with van der Waals surface area (Å²) in [6, 6.07) is 8.33. The van der Waals surface area contributed by atoms with Crippen LogP contribution < -0.4 is 0 Å². The second kappa shape index (κ2) is 4.93. The molecule has 0 aliphatic heterocycles. The third-order valence-corrected chi connectivity index (χ3v) is 4.34. The number of hydrogen-bond acceptors (Lipinski definition) is 1. The molecule has 18 heavy (non-hydrogen) atoms. The van der Waals surface area contributed by atoms with Crippen LogP contribution >= 0.6 is 11.6 Å². The molecule has 3 rings (SSSR count). The van der Waals surface area contributed by atoms with Gasteiger partial charge in [-0.15, -0.1) is 11.6 Å². The molecule has 2 aromatic rings. The second-order valence-corrected chi connectivity index (χ2v) is 5.81. The van der Waals surface area contributed by atoms with E-state index in [0.29, 0.717) is 5.88 Å². The highest BCUT2D eigenvalue weighted by molar-refractivity contribution is 6.16. The van der Waals surface area contributed by atoms with E-state index in [4.69, 9.17) is 11.6 Å². The van der Waals surface area contributed by atoms with Gasteiger partial charge in [0.2, 0.25) is 0 Å². The van der Waals surface area contributed by atoms with Crippen LogP contribution in [0.25, 0.3) is 11.0 Å². The summed E-state index contributed by atoms with van der Waals surface area (Å²) < 4.78 is 2.32. The molecule has 1 saturated carbocycles. The zero-order valence-corrected chi connectivity index (χ0v) is 11.5. The molecular weight excluding hydrogens is 244 g/mol. The van der Waals surface area contributed by atoms with Crippen LogP contribution in [0.2, 0.25) is 0 Å². The van der Waals surface area contributed by atoms with Crippen molar-refractivity contribution in [2.75, 3.05) is 0 Å². The van der Waals surface area contributed by atoms with Gasteiger partial charge in [0.05, 0.1) is 16.9 Å². The molecule has 0 radical (unpaired) electrons. The molecule has 2 atom stereocenters. The van der Waals surface area contributed by atoms with E-state index in [9.17, 15) is 0 Å². The topological polar surface area (TPSA) is 17.8 Å². The number of alkyl halides is 1. The van der Waals surface area contributed by atoms with Gasteiger partial charge in [-0.1, -0.05) is 25.5 Å². The van der Waals surface area contributed by atoms with Gasteiger partial charge in [0.1, 0.15) is 5.82 Å². The van der Waals surface area contributed by atoms with Crippen molar-refractivity contribution >= 4 is 22.6 Å². The number of nitrogens with zero attached hydrogens (tertiary/aromatic N) is 2.